The van der Waals surface area contributed by atoms with Crippen LogP contribution in [0.5, 0.6) is 5.75 Å². The molecule has 2 rings (SSSR count). The Labute approximate surface area is 135 Å². The van der Waals surface area contributed by atoms with Crippen LogP contribution in [-0.2, 0) is 4.74 Å². The first-order chi connectivity index (χ1) is 10.7. The number of carbonyl (C=O) groups excluding carboxylic acids is 1. The predicted octanol–water partition coefficient (Wildman–Crippen LogP) is 2.58. The molecule has 23 heavy (non-hydrogen) atoms. The zero-order valence-corrected chi connectivity index (χ0v) is 13.8. The van der Waals surface area contributed by atoms with Crippen LogP contribution in [0.4, 0.5) is 5.69 Å². The lowest BCUT2D eigenvalue weighted by Gasteiger charge is -2.54. The van der Waals surface area contributed by atoms with E-state index in [0.717, 1.165) is 0 Å². The van der Waals surface area contributed by atoms with E-state index < -0.39 is 22.3 Å². The number of amides is 1. The third-order valence-electron chi connectivity index (χ3n) is 4.72. The van der Waals surface area contributed by atoms with E-state index in [-0.39, 0.29) is 23.1 Å². The predicted molar refractivity (Wildman–Crippen MR) is 84.5 cm³/mol. The largest absolute Gasteiger partial charge is 0.502 e. The third-order valence-corrected chi connectivity index (χ3v) is 4.72. The third kappa shape index (κ3) is 2.88. The number of carbonyl (C=O) groups is 1. The molecule has 0 unspecified atom stereocenters. The molecule has 0 bridgehead atoms. The second-order valence-corrected chi connectivity index (χ2v) is 6.36. The normalized spacial score (nSPS) is 22.3. The minimum atomic E-state index is -0.704. The van der Waals surface area contributed by atoms with Gasteiger partial charge in [0, 0.05) is 31.2 Å². The van der Waals surface area contributed by atoms with Crippen LogP contribution in [0, 0.1) is 15.5 Å². The number of nitrogens with zero attached hydrogens (tertiary/aromatic N) is 2. The summed E-state index contributed by atoms with van der Waals surface area (Å²) >= 11 is 0. The van der Waals surface area contributed by atoms with E-state index in [2.05, 4.69) is 0 Å². The van der Waals surface area contributed by atoms with Crippen molar-refractivity contribution in [3.05, 3.63) is 33.9 Å². The summed E-state index contributed by atoms with van der Waals surface area (Å²) in [4.78, 5) is 24.4. The number of phenols is 1. The molecule has 1 amide bonds. The maximum Gasteiger partial charge on any atom is 0.311 e. The molecule has 1 aliphatic carbocycles. The van der Waals surface area contributed by atoms with Gasteiger partial charge in [0.1, 0.15) is 0 Å². The topological polar surface area (TPSA) is 92.9 Å². The molecular formula is C16H22N2O5. The highest BCUT2D eigenvalue weighted by molar-refractivity contribution is 5.98. The lowest BCUT2D eigenvalue weighted by molar-refractivity contribution is -0.385. The minimum absolute atomic E-state index is 0.0507. The fraction of sp³-hybridized carbons (Fsp3) is 0.562. The van der Waals surface area contributed by atoms with Crippen molar-refractivity contribution < 1.29 is 19.6 Å². The smallest absolute Gasteiger partial charge is 0.311 e. The van der Waals surface area contributed by atoms with E-state index in [4.69, 9.17) is 4.74 Å². The SMILES string of the molecule is CCO[C@@H]1C[C@@H](N(C)C(=O)c2cccc([N+](=O)[O-])c2O)C1(C)C. The van der Waals surface area contributed by atoms with Crippen molar-refractivity contribution >= 4 is 11.6 Å². The number of nitro benzene ring substituents is 1. The second-order valence-electron chi connectivity index (χ2n) is 6.36. The zero-order chi connectivity index (χ0) is 17.4. The van der Waals surface area contributed by atoms with Gasteiger partial charge in [-0.1, -0.05) is 19.9 Å². The van der Waals surface area contributed by atoms with Crippen molar-refractivity contribution in [2.75, 3.05) is 13.7 Å². The lowest BCUT2D eigenvalue weighted by Crippen LogP contribution is -2.62. The Morgan fingerprint density at radius 1 is 1.52 bits per heavy atom. The van der Waals surface area contributed by atoms with Gasteiger partial charge in [0.25, 0.3) is 5.91 Å². The summed E-state index contributed by atoms with van der Waals surface area (Å²) in [6.07, 6.45) is 0.783. The maximum atomic E-state index is 12.6. The Balaban J connectivity index is 2.22. The molecule has 1 aromatic rings. The summed E-state index contributed by atoms with van der Waals surface area (Å²) in [7, 11) is 1.65. The first-order valence-corrected chi connectivity index (χ1v) is 7.56. The van der Waals surface area contributed by atoms with Gasteiger partial charge in [0.15, 0.2) is 0 Å². The number of benzene rings is 1. The Morgan fingerprint density at radius 2 is 2.17 bits per heavy atom. The molecule has 0 heterocycles. The molecule has 1 aliphatic rings. The van der Waals surface area contributed by atoms with Crippen molar-refractivity contribution in [3.63, 3.8) is 0 Å². The van der Waals surface area contributed by atoms with Crippen LogP contribution in [0.25, 0.3) is 0 Å². The average Bonchev–Trinajstić information content (AvgIpc) is 2.49. The molecule has 1 saturated carbocycles. The molecule has 126 valence electrons. The van der Waals surface area contributed by atoms with Crippen LogP contribution < -0.4 is 0 Å². The molecule has 0 spiro atoms. The molecule has 0 saturated heterocycles. The van der Waals surface area contributed by atoms with Crippen molar-refractivity contribution in [1.82, 2.24) is 4.90 Å². The molecule has 2 atom stereocenters. The fourth-order valence-electron chi connectivity index (χ4n) is 3.19. The molecule has 7 heteroatoms. The van der Waals surface area contributed by atoms with Gasteiger partial charge in [-0.05, 0) is 19.4 Å². The number of ether oxygens (including phenoxy) is 1. The monoisotopic (exact) mass is 322 g/mol. The molecule has 1 N–H and O–H groups in total. The van der Waals surface area contributed by atoms with E-state index in [1.807, 2.05) is 20.8 Å². The number of para-hydroxylation sites is 1. The Bertz CT molecular complexity index is 629. The Kier molecular flexibility index (Phi) is 4.61. The number of aromatic hydroxyl groups is 1. The summed E-state index contributed by atoms with van der Waals surface area (Å²) in [5.74, 6) is -1.02. The summed E-state index contributed by atoms with van der Waals surface area (Å²) in [6, 6.07) is 3.91. The Hall–Kier alpha value is -2.15. The van der Waals surface area contributed by atoms with Crippen molar-refractivity contribution in [1.29, 1.82) is 0 Å². The first kappa shape index (κ1) is 17.2. The second kappa shape index (κ2) is 6.16. The van der Waals surface area contributed by atoms with Crippen LogP contribution >= 0.6 is 0 Å². The zero-order valence-electron chi connectivity index (χ0n) is 13.8. The van der Waals surface area contributed by atoms with Gasteiger partial charge >= 0.3 is 5.69 Å². The highest BCUT2D eigenvalue weighted by atomic mass is 16.6. The first-order valence-electron chi connectivity index (χ1n) is 7.56. The van der Waals surface area contributed by atoms with E-state index in [0.29, 0.717) is 13.0 Å². The van der Waals surface area contributed by atoms with Gasteiger partial charge in [-0.15, -0.1) is 0 Å². The van der Waals surface area contributed by atoms with E-state index >= 15 is 0 Å². The molecule has 1 aromatic carbocycles. The highest BCUT2D eigenvalue weighted by Gasteiger charge is 2.52. The van der Waals surface area contributed by atoms with Crippen molar-refractivity contribution in [3.8, 4) is 5.75 Å². The van der Waals surface area contributed by atoms with Crippen molar-refractivity contribution in [2.24, 2.45) is 5.41 Å². The summed E-state index contributed by atoms with van der Waals surface area (Å²) in [6.45, 7) is 6.60. The quantitative estimate of drug-likeness (QED) is 0.664. The highest BCUT2D eigenvalue weighted by Crippen LogP contribution is 2.46. The van der Waals surface area contributed by atoms with Crippen LogP contribution in [0.2, 0.25) is 0 Å². The van der Waals surface area contributed by atoms with Crippen LogP contribution in [0.15, 0.2) is 18.2 Å². The van der Waals surface area contributed by atoms with E-state index in [1.165, 1.54) is 23.1 Å². The summed E-state index contributed by atoms with van der Waals surface area (Å²) in [5, 5.41) is 20.9. The molecule has 0 radical (unpaired) electrons. The minimum Gasteiger partial charge on any atom is -0.502 e. The number of hydrogen-bond acceptors (Lipinski definition) is 5. The lowest BCUT2D eigenvalue weighted by atomic mass is 9.63. The molecule has 1 fully saturated rings. The molecule has 0 aliphatic heterocycles. The van der Waals surface area contributed by atoms with E-state index in [1.54, 1.807) is 7.05 Å². The average molecular weight is 322 g/mol. The number of nitro groups is 1. The molecule has 7 nitrogen and oxygen atoms in total. The van der Waals surface area contributed by atoms with Gasteiger partial charge in [-0.25, -0.2) is 0 Å². The summed E-state index contributed by atoms with van der Waals surface area (Å²) < 4.78 is 5.66. The fourth-order valence-corrected chi connectivity index (χ4v) is 3.19. The standard InChI is InChI=1S/C16H22N2O5/c1-5-23-13-9-12(16(13,2)3)17(4)15(20)10-7-6-8-11(14(10)19)18(21)22/h6-8,12-13,19H,5,9H2,1-4H3/t12-,13-/m1/s1. The van der Waals surface area contributed by atoms with Gasteiger partial charge < -0.3 is 14.7 Å². The maximum absolute atomic E-state index is 12.6. The number of rotatable bonds is 5. The molecular weight excluding hydrogens is 300 g/mol. The number of phenolic OH excluding ortho intramolecular Hbond substituents is 1. The van der Waals surface area contributed by atoms with Gasteiger partial charge in [-0.3, -0.25) is 14.9 Å². The number of hydrogen-bond donors (Lipinski definition) is 1. The summed E-state index contributed by atoms with van der Waals surface area (Å²) in [5.41, 5.74) is -0.738. The molecule has 0 aromatic heterocycles. The van der Waals surface area contributed by atoms with Crippen molar-refractivity contribution in [2.45, 2.75) is 39.3 Å². The Morgan fingerprint density at radius 3 is 2.70 bits per heavy atom. The van der Waals surface area contributed by atoms with Gasteiger partial charge in [0.2, 0.25) is 5.75 Å². The van der Waals surface area contributed by atoms with Crippen LogP contribution in [0.1, 0.15) is 37.6 Å². The van der Waals surface area contributed by atoms with E-state index in [9.17, 15) is 20.0 Å². The van der Waals surface area contributed by atoms with Gasteiger partial charge in [-0.2, -0.15) is 0 Å². The van der Waals surface area contributed by atoms with Gasteiger partial charge in [0.05, 0.1) is 16.6 Å². The van der Waals surface area contributed by atoms with Crippen LogP contribution in [-0.4, -0.2) is 46.6 Å². The van der Waals surface area contributed by atoms with Crippen LogP contribution in [0.3, 0.4) is 0 Å².